The standard InChI is InChI=1S/C12H12ClN3O/c1-8-2-4-9(5-3-8)12(17)16-11(15)7-6-10(13)14/h2-7,14H,1H3,(H2,15,16,17)/b7-6-,14-10?. The smallest absolute Gasteiger partial charge is 0.278 e. The highest BCUT2D eigenvalue weighted by molar-refractivity contribution is 6.67. The zero-order valence-electron chi connectivity index (χ0n) is 9.27. The number of hydrogen-bond acceptors (Lipinski definition) is 2. The number of benzene rings is 1. The molecule has 0 aromatic heterocycles. The third-order valence-corrected chi connectivity index (χ3v) is 2.06. The van der Waals surface area contributed by atoms with Crippen LogP contribution < -0.4 is 5.73 Å². The quantitative estimate of drug-likeness (QED) is 0.637. The Balaban J connectivity index is 2.81. The highest BCUT2D eigenvalue weighted by Gasteiger charge is 2.03. The number of nitrogens with one attached hydrogen (secondary N) is 1. The van der Waals surface area contributed by atoms with E-state index in [0.29, 0.717) is 5.56 Å². The second-order valence-corrected chi connectivity index (χ2v) is 3.80. The zero-order valence-corrected chi connectivity index (χ0v) is 10.0. The third-order valence-electron chi connectivity index (χ3n) is 1.93. The largest absolute Gasteiger partial charge is 0.384 e. The van der Waals surface area contributed by atoms with Crippen molar-refractivity contribution in [2.75, 3.05) is 0 Å². The van der Waals surface area contributed by atoms with Gasteiger partial charge in [0.25, 0.3) is 5.91 Å². The Hall–Kier alpha value is -1.94. The fourth-order valence-electron chi connectivity index (χ4n) is 1.07. The van der Waals surface area contributed by atoms with E-state index in [-0.39, 0.29) is 11.0 Å². The molecule has 0 saturated heterocycles. The molecule has 0 aliphatic carbocycles. The number of carbonyl (C=O) groups is 1. The predicted molar refractivity (Wildman–Crippen MR) is 69.9 cm³/mol. The highest BCUT2D eigenvalue weighted by Crippen LogP contribution is 2.04. The van der Waals surface area contributed by atoms with Crippen molar-refractivity contribution in [2.45, 2.75) is 6.92 Å². The number of nitrogens with two attached hydrogens (primary N) is 1. The molecule has 0 aliphatic heterocycles. The molecule has 0 unspecified atom stereocenters. The van der Waals surface area contributed by atoms with E-state index >= 15 is 0 Å². The molecule has 1 aromatic carbocycles. The minimum Gasteiger partial charge on any atom is -0.384 e. The van der Waals surface area contributed by atoms with Crippen LogP contribution in [-0.2, 0) is 0 Å². The van der Waals surface area contributed by atoms with Gasteiger partial charge in [0.15, 0.2) is 0 Å². The van der Waals surface area contributed by atoms with E-state index < -0.39 is 5.91 Å². The van der Waals surface area contributed by atoms with Crippen molar-refractivity contribution in [1.82, 2.24) is 0 Å². The van der Waals surface area contributed by atoms with Crippen LogP contribution in [0.2, 0.25) is 0 Å². The van der Waals surface area contributed by atoms with Crippen LogP contribution in [0.5, 0.6) is 0 Å². The SMILES string of the molecule is Cc1ccc(C(=O)N=C(N)/C=C\C(=N)Cl)cc1. The van der Waals surface area contributed by atoms with E-state index in [4.69, 9.17) is 22.7 Å². The molecular weight excluding hydrogens is 238 g/mol. The van der Waals surface area contributed by atoms with Crippen LogP contribution in [0.25, 0.3) is 0 Å². The second kappa shape index (κ2) is 5.96. The first-order valence-electron chi connectivity index (χ1n) is 4.86. The molecule has 0 atom stereocenters. The van der Waals surface area contributed by atoms with Crippen molar-refractivity contribution in [2.24, 2.45) is 10.7 Å². The van der Waals surface area contributed by atoms with Gasteiger partial charge < -0.3 is 5.73 Å². The summed E-state index contributed by atoms with van der Waals surface area (Å²) in [4.78, 5) is 15.3. The first-order chi connectivity index (χ1) is 7.99. The lowest BCUT2D eigenvalue weighted by molar-refractivity contribution is 0.100. The fraction of sp³-hybridized carbons (Fsp3) is 0.0833. The van der Waals surface area contributed by atoms with Crippen LogP contribution in [-0.4, -0.2) is 16.9 Å². The van der Waals surface area contributed by atoms with E-state index in [2.05, 4.69) is 4.99 Å². The number of aliphatic imine (C=N–C) groups is 1. The second-order valence-electron chi connectivity index (χ2n) is 3.39. The maximum absolute atomic E-state index is 11.6. The summed E-state index contributed by atoms with van der Waals surface area (Å²) in [5.41, 5.74) is 7.01. The molecule has 17 heavy (non-hydrogen) atoms. The average molecular weight is 250 g/mol. The molecule has 0 saturated carbocycles. The molecule has 1 rings (SSSR count). The van der Waals surface area contributed by atoms with E-state index in [1.165, 1.54) is 12.2 Å². The third kappa shape index (κ3) is 4.61. The number of nitrogens with zero attached hydrogens (tertiary/aromatic N) is 1. The minimum atomic E-state index is -0.423. The summed E-state index contributed by atoms with van der Waals surface area (Å²) in [6.07, 6.45) is 2.56. The predicted octanol–water partition coefficient (Wildman–Crippen LogP) is 2.26. The summed E-state index contributed by atoms with van der Waals surface area (Å²) in [6.45, 7) is 1.93. The normalized spacial score (nSPS) is 11.8. The van der Waals surface area contributed by atoms with Crippen molar-refractivity contribution in [3.05, 3.63) is 47.5 Å². The summed E-state index contributed by atoms with van der Waals surface area (Å²) >= 11 is 5.29. The molecule has 1 amide bonds. The molecular formula is C12H12ClN3O. The van der Waals surface area contributed by atoms with Gasteiger partial charge in [0.2, 0.25) is 0 Å². The van der Waals surface area contributed by atoms with Crippen LogP contribution in [0.1, 0.15) is 15.9 Å². The van der Waals surface area contributed by atoms with Gasteiger partial charge in [-0.15, -0.1) is 0 Å². The Kier molecular flexibility index (Phi) is 4.60. The van der Waals surface area contributed by atoms with Crippen molar-refractivity contribution in [3.63, 3.8) is 0 Å². The first kappa shape index (κ1) is 13.1. The zero-order chi connectivity index (χ0) is 12.8. The van der Waals surface area contributed by atoms with Gasteiger partial charge in [-0.1, -0.05) is 29.3 Å². The number of amidine groups is 1. The maximum atomic E-state index is 11.6. The number of rotatable bonds is 3. The van der Waals surface area contributed by atoms with Gasteiger partial charge in [-0.25, -0.2) is 0 Å². The Labute approximate surface area is 104 Å². The summed E-state index contributed by atoms with van der Waals surface area (Å²) in [6, 6.07) is 7.01. The number of halogens is 1. The van der Waals surface area contributed by atoms with Crippen molar-refractivity contribution in [1.29, 1.82) is 5.41 Å². The molecule has 0 spiro atoms. The van der Waals surface area contributed by atoms with Crippen molar-refractivity contribution in [3.8, 4) is 0 Å². The Morgan fingerprint density at radius 1 is 1.35 bits per heavy atom. The number of hydrogen-bond donors (Lipinski definition) is 2. The van der Waals surface area contributed by atoms with Gasteiger partial charge in [0, 0.05) is 5.56 Å². The number of amides is 1. The van der Waals surface area contributed by atoms with Gasteiger partial charge >= 0.3 is 0 Å². The van der Waals surface area contributed by atoms with Crippen LogP contribution in [0.15, 0.2) is 41.4 Å². The van der Waals surface area contributed by atoms with E-state index in [0.717, 1.165) is 5.56 Å². The molecule has 1 aromatic rings. The van der Waals surface area contributed by atoms with E-state index in [1.807, 2.05) is 19.1 Å². The van der Waals surface area contributed by atoms with Crippen LogP contribution in [0, 0.1) is 12.3 Å². The molecule has 88 valence electrons. The molecule has 3 N–H and O–H groups in total. The van der Waals surface area contributed by atoms with Gasteiger partial charge in [-0.05, 0) is 31.2 Å². The van der Waals surface area contributed by atoms with E-state index in [1.54, 1.807) is 12.1 Å². The number of aryl methyl sites for hydroxylation is 1. The fourth-order valence-corrected chi connectivity index (χ4v) is 1.14. The summed E-state index contributed by atoms with van der Waals surface area (Å²) in [5.74, 6) is -0.408. The monoisotopic (exact) mass is 249 g/mol. The van der Waals surface area contributed by atoms with Crippen molar-refractivity contribution >= 4 is 28.5 Å². The molecule has 0 fully saturated rings. The van der Waals surface area contributed by atoms with Crippen LogP contribution in [0.4, 0.5) is 0 Å². The summed E-state index contributed by atoms with van der Waals surface area (Å²) < 4.78 is 0. The number of allylic oxidation sites excluding steroid dienone is 1. The first-order valence-corrected chi connectivity index (χ1v) is 5.24. The van der Waals surface area contributed by atoms with Gasteiger partial charge in [-0.2, -0.15) is 4.99 Å². The summed E-state index contributed by atoms with van der Waals surface area (Å²) in [7, 11) is 0. The van der Waals surface area contributed by atoms with E-state index in [9.17, 15) is 4.79 Å². The Morgan fingerprint density at radius 3 is 2.47 bits per heavy atom. The van der Waals surface area contributed by atoms with Gasteiger partial charge in [0.05, 0.1) is 0 Å². The van der Waals surface area contributed by atoms with Gasteiger partial charge in [-0.3, -0.25) is 10.2 Å². The molecule has 0 heterocycles. The minimum absolute atomic E-state index is 0.0148. The van der Waals surface area contributed by atoms with Crippen LogP contribution in [0.3, 0.4) is 0 Å². The highest BCUT2D eigenvalue weighted by atomic mass is 35.5. The lowest BCUT2D eigenvalue weighted by Gasteiger charge is -1.97. The van der Waals surface area contributed by atoms with Gasteiger partial charge in [0.1, 0.15) is 11.0 Å². The summed E-state index contributed by atoms with van der Waals surface area (Å²) in [5, 5.41) is 6.77. The molecule has 0 aliphatic rings. The lowest BCUT2D eigenvalue weighted by Crippen LogP contribution is -2.11. The Bertz CT molecular complexity index is 489. The van der Waals surface area contributed by atoms with Crippen molar-refractivity contribution < 1.29 is 4.79 Å². The molecule has 5 heteroatoms. The molecule has 4 nitrogen and oxygen atoms in total. The Morgan fingerprint density at radius 2 is 1.94 bits per heavy atom. The van der Waals surface area contributed by atoms with Crippen LogP contribution >= 0.6 is 11.6 Å². The lowest BCUT2D eigenvalue weighted by atomic mass is 10.1. The number of carbonyl (C=O) groups excluding carboxylic acids is 1. The average Bonchev–Trinajstić information content (AvgIpc) is 2.27. The molecule has 0 bridgehead atoms. The molecule has 0 radical (unpaired) electrons. The topological polar surface area (TPSA) is 79.3 Å². The maximum Gasteiger partial charge on any atom is 0.278 e.